The van der Waals surface area contributed by atoms with Crippen molar-refractivity contribution in [3.8, 4) is 17.6 Å². The average Bonchev–Trinajstić information content (AvgIpc) is 2.61. The summed E-state index contributed by atoms with van der Waals surface area (Å²) in [4.78, 5) is 12.3. The van der Waals surface area contributed by atoms with Crippen LogP contribution in [0, 0.1) is 11.3 Å². The molecule has 5 heteroatoms. The van der Waals surface area contributed by atoms with Crippen LogP contribution in [0.5, 0.6) is 11.5 Å². The first-order valence-electron chi connectivity index (χ1n) is 7.47. The molecule has 2 rings (SSSR count). The molecule has 0 aliphatic rings. The molecule has 1 N–H and O–H groups in total. The first-order chi connectivity index (χ1) is 11.7. The standard InChI is InChI=1S/C19H18N2O3/c1-3-24-16-10-8-14(9-11-16)12-15(13-20)19(22)21-17-6-4-5-7-18(17)23-2/h4-12H,3H2,1-2H3,(H,21,22)/b15-12+. The molecule has 0 heterocycles. The maximum atomic E-state index is 12.3. The number of nitrogens with one attached hydrogen (secondary N) is 1. The molecule has 24 heavy (non-hydrogen) atoms. The van der Waals surface area contributed by atoms with Gasteiger partial charge in [0, 0.05) is 0 Å². The minimum absolute atomic E-state index is 0.00469. The highest BCUT2D eigenvalue weighted by atomic mass is 16.5. The number of nitrogens with zero attached hydrogens (tertiary/aromatic N) is 1. The first-order valence-corrected chi connectivity index (χ1v) is 7.47. The number of hydrogen-bond acceptors (Lipinski definition) is 4. The van der Waals surface area contributed by atoms with Crippen LogP contribution in [0.15, 0.2) is 54.1 Å². The van der Waals surface area contributed by atoms with Crippen LogP contribution in [-0.2, 0) is 4.79 Å². The number of carbonyl (C=O) groups excluding carboxylic acids is 1. The highest BCUT2D eigenvalue weighted by Gasteiger charge is 2.12. The Morgan fingerprint density at radius 1 is 1.21 bits per heavy atom. The maximum Gasteiger partial charge on any atom is 0.266 e. The summed E-state index contributed by atoms with van der Waals surface area (Å²) in [5, 5.41) is 12.0. The molecule has 0 atom stereocenters. The smallest absolute Gasteiger partial charge is 0.266 e. The molecule has 0 fully saturated rings. The third-order valence-electron chi connectivity index (χ3n) is 3.22. The van der Waals surface area contributed by atoms with Crippen molar-refractivity contribution in [1.82, 2.24) is 0 Å². The number of hydrogen-bond donors (Lipinski definition) is 1. The molecule has 5 nitrogen and oxygen atoms in total. The van der Waals surface area contributed by atoms with Gasteiger partial charge in [-0.2, -0.15) is 5.26 Å². The zero-order valence-corrected chi connectivity index (χ0v) is 13.6. The molecule has 2 aromatic rings. The van der Waals surface area contributed by atoms with Crippen molar-refractivity contribution in [2.75, 3.05) is 19.0 Å². The summed E-state index contributed by atoms with van der Waals surface area (Å²) in [6.07, 6.45) is 1.53. The highest BCUT2D eigenvalue weighted by molar-refractivity contribution is 6.10. The predicted octanol–water partition coefficient (Wildman–Crippen LogP) is 3.64. The van der Waals surface area contributed by atoms with Crippen LogP contribution in [-0.4, -0.2) is 19.6 Å². The van der Waals surface area contributed by atoms with E-state index < -0.39 is 5.91 Å². The van der Waals surface area contributed by atoms with Crippen LogP contribution in [0.4, 0.5) is 5.69 Å². The van der Waals surface area contributed by atoms with Crippen molar-refractivity contribution < 1.29 is 14.3 Å². The zero-order chi connectivity index (χ0) is 17.4. The molecule has 0 spiro atoms. The van der Waals surface area contributed by atoms with E-state index in [0.717, 1.165) is 11.3 Å². The summed E-state index contributed by atoms with van der Waals surface area (Å²) in [5.74, 6) is 0.784. The predicted molar refractivity (Wildman–Crippen MR) is 92.8 cm³/mol. The van der Waals surface area contributed by atoms with Crippen LogP contribution < -0.4 is 14.8 Å². The van der Waals surface area contributed by atoms with Gasteiger partial charge in [0.25, 0.3) is 5.91 Å². The number of para-hydroxylation sites is 2. The van der Waals surface area contributed by atoms with Gasteiger partial charge in [0.15, 0.2) is 0 Å². The quantitative estimate of drug-likeness (QED) is 0.651. The Kier molecular flexibility index (Phi) is 5.98. The molecule has 0 unspecified atom stereocenters. The van der Waals surface area contributed by atoms with E-state index in [0.29, 0.717) is 18.0 Å². The minimum Gasteiger partial charge on any atom is -0.495 e. The van der Waals surface area contributed by atoms with Crippen molar-refractivity contribution in [2.24, 2.45) is 0 Å². The largest absolute Gasteiger partial charge is 0.495 e. The summed E-state index contributed by atoms with van der Waals surface area (Å²) >= 11 is 0. The van der Waals surface area contributed by atoms with Gasteiger partial charge in [0.05, 0.1) is 19.4 Å². The van der Waals surface area contributed by atoms with Crippen LogP contribution >= 0.6 is 0 Å². The minimum atomic E-state index is -0.490. The lowest BCUT2D eigenvalue weighted by molar-refractivity contribution is -0.112. The Morgan fingerprint density at radius 3 is 2.54 bits per heavy atom. The van der Waals surface area contributed by atoms with Gasteiger partial charge < -0.3 is 14.8 Å². The zero-order valence-electron chi connectivity index (χ0n) is 13.6. The van der Waals surface area contributed by atoms with E-state index >= 15 is 0 Å². The SMILES string of the molecule is CCOc1ccc(/C=C(\C#N)C(=O)Nc2ccccc2OC)cc1. The van der Waals surface area contributed by atoms with Gasteiger partial charge in [-0.05, 0) is 42.8 Å². The Hall–Kier alpha value is -3.26. The van der Waals surface area contributed by atoms with Crippen LogP contribution in [0.25, 0.3) is 6.08 Å². The van der Waals surface area contributed by atoms with Gasteiger partial charge in [0.2, 0.25) is 0 Å². The first kappa shape index (κ1) is 17.1. The monoisotopic (exact) mass is 322 g/mol. The fourth-order valence-electron chi connectivity index (χ4n) is 2.08. The van der Waals surface area contributed by atoms with Gasteiger partial charge in [0.1, 0.15) is 23.1 Å². The van der Waals surface area contributed by atoms with Crippen molar-refractivity contribution in [3.63, 3.8) is 0 Å². The second-order valence-electron chi connectivity index (χ2n) is 4.83. The van der Waals surface area contributed by atoms with Gasteiger partial charge in [-0.3, -0.25) is 4.79 Å². The van der Waals surface area contributed by atoms with E-state index in [9.17, 15) is 10.1 Å². The number of rotatable bonds is 6. The second kappa shape index (κ2) is 8.39. The molecule has 2 aromatic carbocycles. The van der Waals surface area contributed by atoms with E-state index in [1.165, 1.54) is 13.2 Å². The number of anilines is 1. The lowest BCUT2D eigenvalue weighted by Crippen LogP contribution is -2.14. The van der Waals surface area contributed by atoms with Gasteiger partial charge in [-0.1, -0.05) is 24.3 Å². The van der Waals surface area contributed by atoms with Gasteiger partial charge >= 0.3 is 0 Å². The van der Waals surface area contributed by atoms with Crippen LogP contribution in [0.3, 0.4) is 0 Å². The van der Waals surface area contributed by atoms with Gasteiger partial charge in [-0.15, -0.1) is 0 Å². The van der Waals surface area contributed by atoms with Crippen molar-refractivity contribution >= 4 is 17.7 Å². The number of nitriles is 1. The summed E-state index contributed by atoms with van der Waals surface area (Å²) in [7, 11) is 1.52. The van der Waals surface area contributed by atoms with E-state index in [4.69, 9.17) is 9.47 Å². The lowest BCUT2D eigenvalue weighted by atomic mass is 10.1. The highest BCUT2D eigenvalue weighted by Crippen LogP contribution is 2.24. The molecule has 0 aromatic heterocycles. The molecule has 1 amide bonds. The average molecular weight is 322 g/mol. The molecule has 0 aliphatic heterocycles. The van der Waals surface area contributed by atoms with Crippen LogP contribution in [0.1, 0.15) is 12.5 Å². The number of methoxy groups -OCH3 is 1. The molecule has 122 valence electrons. The second-order valence-corrected chi connectivity index (χ2v) is 4.83. The number of benzene rings is 2. The molecule has 0 saturated heterocycles. The Morgan fingerprint density at radius 2 is 1.92 bits per heavy atom. The Balaban J connectivity index is 2.18. The van der Waals surface area contributed by atoms with E-state index in [1.807, 2.05) is 13.0 Å². The number of amides is 1. The lowest BCUT2D eigenvalue weighted by Gasteiger charge is -2.09. The molecule has 0 saturated carbocycles. The summed E-state index contributed by atoms with van der Waals surface area (Å²) in [6, 6.07) is 16.1. The normalized spacial score (nSPS) is 10.6. The Labute approximate surface area is 141 Å². The fourth-order valence-corrected chi connectivity index (χ4v) is 2.08. The molecule has 0 aliphatic carbocycles. The van der Waals surface area contributed by atoms with Gasteiger partial charge in [-0.25, -0.2) is 0 Å². The molecule has 0 radical (unpaired) electrons. The summed E-state index contributed by atoms with van der Waals surface area (Å²) in [5.41, 5.74) is 1.26. The molecular weight excluding hydrogens is 304 g/mol. The van der Waals surface area contributed by atoms with E-state index in [2.05, 4.69) is 5.32 Å². The van der Waals surface area contributed by atoms with E-state index in [-0.39, 0.29) is 5.57 Å². The molecular formula is C19H18N2O3. The van der Waals surface area contributed by atoms with E-state index in [1.54, 1.807) is 48.5 Å². The number of ether oxygens (including phenoxy) is 2. The van der Waals surface area contributed by atoms with Crippen molar-refractivity contribution in [3.05, 3.63) is 59.7 Å². The summed E-state index contributed by atoms with van der Waals surface area (Å²) < 4.78 is 10.5. The topological polar surface area (TPSA) is 71.3 Å². The van der Waals surface area contributed by atoms with Crippen molar-refractivity contribution in [1.29, 1.82) is 5.26 Å². The fraction of sp³-hybridized carbons (Fsp3) is 0.158. The maximum absolute atomic E-state index is 12.3. The van der Waals surface area contributed by atoms with Crippen molar-refractivity contribution in [2.45, 2.75) is 6.92 Å². The molecule has 0 bridgehead atoms. The Bertz CT molecular complexity index is 774. The van der Waals surface area contributed by atoms with Crippen LogP contribution in [0.2, 0.25) is 0 Å². The third-order valence-corrected chi connectivity index (χ3v) is 3.22. The number of carbonyl (C=O) groups is 1. The summed E-state index contributed by atoms with van der Waals surface area (Å²) in [6.45, 7) is 2.49. The third kappa shape index (κ3) is 4.37.